The van der Waals surface area contributed by atoms with Gasteiger partial charge in [-0.2, -0.15) is 0 Å². The van der Waals surface area contributed by atoms with Gasteiger partial charge in [0.1, 0.15) is 4.88 Å². The minimum atomic E-state index is -3.40. The lowest BCUT2D eigenvalue weighted by atomic mass is 9.77. The number of H-pyrrole nitrogens is 1. The third-order valence-electron chi connectivity index (χ3n) is 12.0. The number of carbonyl (C=O) groups is 1. The number of aryl methyl sites for hydroxylation is 1. The van der Waals surface area contributed by atoms with Crippen molar-refractivity contribution in [2.24, 2.45) is 23.7 Å². The maximum absolute atomic E-state index is 12.3. The number of carbonyl (C=O) groups excluding carboxylic acids is 1. The SMILES string of the molecule is C.C.CC(C)C(C)(O)C(C)c1ccccc1.CC(C)Cc1c[nH]c2ccccc12.COC(=O)c1sccc1S(=O)(=O)CCCCCCC(C)C.Cc1cccc(-n2ccnc2SCCCC(C)C)c1. The zero-order chi connectivity index (χ0) is 49.6. The van der Waals surface area contributed by atoms with Crippen molar-refractivity contribution >= 4 is 49.8 Å². The second kappa shape index (κ2) is 31.9. The summed E-state index contributed by atoms with van der Waals surface area (Å²) in [7, 11) is -2.14. The Morgan fingerprint density at radius 2 is 1.46 bits per heavy atom. The number of sulfone groups is 1. The Morgan fingerprint density at radius 3 is 2.09 bits per heavy atom. The van der Waals surface area contributed by atoms with Crippen LogP contribution in [0.5, 0.6) is 0 Å². The molecule has 0 bridgehead atoms. The predicted octanol–water partition coefficient (Wildman–Crippen LogP) is 16.5. The highest BCUT2D eigenvalue weighted by Crippen LogP contribution is 2.33. The number of hydrogen-bond acceptors (Lipinski definition) is 8. The van der Waals surface area contributed by atoms with E-state index in [0.29, 0.717) is 12.3 Å². The van der Waals surface area contributed by atoms with Crippen LogP contribution in [0.4, 0.5) is 0 Å². The molecular weight excluding hydrogens is 915 g/mol. The molecule has 3 aromatic carbocycles. The number of benzene rings is 3. The number of rotatable bonds is 20. The number of imidazole rings is 1. The first-order valence-corrected chi connectivity index (χ1v) is 27.7. The fourth-order valence-electron chi connectivity index (χ4n) is 7.44. The fourth-order valence-corrected chi connectivity index (χ4v) is 11.1. The molecule has 3 aromatic heterocycles. The van der Waals surface area contributed by atoms with Gasteiger partial charge in [-0.1, -0.05) is 182 Å². The lowest BCUT2D eigenvalue weighted by Crippen LogP contribution is -2.36. The van der Waals surface area contributed by atoms with Crippen LogP contribution in [0.1, 0.15) is 161 Å². The summed E-state index contributed by atoms with van der Waals surface area (Å²) in [5.41, 5.74) is 5.72. The van der Waals surface area contributed by atoms with Crippen molar-refractivity contribution in [3.63, 3.8) is 0 Å². The number of aromatic amines is 1. The summed E-state index contributed by atoms with van der Waals surface area (Å²) >= 11 is 2.95. The van der Waals surface area contributed by atoms with Gasteiger partial charge in [-0.25, -0.2) is 18.2 Å². The highest BCUT2D eigenvalue weighted by atomic mass is 32.2. The summed E-state index contributed by atoms with van der Waals surface area (Å²) in [5.74, 6) is 3.29. The predicted molar refractivity (Wildman–Crippen MR) is 299 cm³/mol. The smallest absolute Gasteiger partial charge is 0.349 e. The summed E-state index contributed by atoms with van der Waals surface area (Å²) in [6, 6.07) is 28.7. The summed E-state index contributed by atoms with van der Waals surface area (Å²) in [5, 5.41) is 14.4. The number of aromatic nitrogens is 3. The van der Waals surface area contributed by atoms with E-state index in [0.717, 1.165) is 59.8 Å². The molecule has 0 amide bonds. The van der Waals surface area contributed by atoms with E-state index in [9.17, 15) is 18.3 Å². The molecule has 6 rings (SSSR count). The number of thioether (sulfide) groups is 1. The number of nitrogens with zero attached hydrogens (tertiary/aromatic N) is 2. The molecule has 0 aliphatic rings. The second-order valence-corrected chi connectivity index (χ2v) is 23.4. The lowest BCUT2D eigenvalue weighted by Gasteiger charge is -2.34. The van der Waals surface area contributed by atoms with Crippen molar-refractivity contribution < 1.29 is 23.1 Å². The largest absolute Gasteiger partial charge is 0.465 e. The van der Waals surface area contributed by atoms with Crippen molar-refractivity contribution in [1.82, 2.24) is 14.5 Å². The van der Waals surface area contributed by atoms with Crippen LogP contribution in [0.15, 0.2) is 119 Å². The quantitative estimate of drug-likeness (QED) is 0.0445. The number of unbranched alkanes of at least 4 members (excludes halogenated alkanes) is 3. The van der Waals surface area contributed by atoms with Crippen molar-refractivity contribution in [2.45, 2.75) is 164 Å². The number of thiophene rings is 1. The first-order chi connectivity index (χ1) is 31.8. The van der Waals surface area contributed by atoms with Gasteiger partial charge in [0, 0.05) is 46.9 Å². The second-order valence-electron chi connectivity index (χ2n) is 19.3. The monoisotopic (exact) mass is 1000 g/mol. The molecule has 0 radical (unpaired) electrons. The number of esters is 1. The van der Waals surface area contributed by atoms with E-state index in [1.54, 1.807) is 5.38 Å². The van der Waals surface area contributed by atoms with E-state index in [4.69, 9.17) is 0 Å². The maximum Gasteiger partial charge on any atom is 0.349 e. The average Bonchev–Trinajstić information content (AvgIpc) is 4.08. The zero-order valence-electron chi connectivity index (χ0n) is 42.5. The minimum Gasteiger partial charge on any atom is -0.465 e. The standard InChI is InChI=1S/C16H22N2S.C15H24O4S2.C13H20O.C12H15N.2CH4/c1-13(2)6-5-11-19-16-17-9-10-18(16)15-8-4-7-14(3)12-15;1-12(2)8-6-4-5-7-11-21(17,18)13-9-10-20-14(13)15(16)19-3;1-10(2)13(4,14)11(3)12-8-6-5-7-9-12;1-9(2)7-10-8-13-12-6-4-3-5-11(10)12;;/h4,7-10,12-13H,5-6,11H2,1-3H3;9-10,12H,4-8,11H2,1-3H3;5-11,14H,1-4H3;3-6,8-9,13H,7H2,1-2H3;2*1H4. The van der Waals surface area contributed by atoms with Crippen LogP contribution in [-0.4, -0.2) is 58.2 Å². The van der Waals surface area contributed by atoms with E-state index >= 15 is 0 Å². The number of hydrogen-bond donors (Lipinski definition) is 2. The first kappa shape index (κ1) is 62.9. The maximum atomic E-state index is 12.3. The molecule has 0 saturated heterocycles. The summed E-state index contributed by atoms with van der Waals surface area (Å²) in [6.07, 6.45) is 14.7. The normalized spacial score (nSPS) is 12.4. The molecule has 0 aliphatic carbocycles. The molecule has 0 aliphatic heterocycles. The van der Waals surface area contributed by atoms with E-state index in [1.165, 1.54) is 65.7 Å². The van der Waals surface area contributed by atoms with Gasteiger partial charge in [-0.15, -0.1) is 11.3 Å². The minimum absolute atomic E-state index is 0. The Hall–Kier alpha value is -4.16. The number of methoxy groups -OCH3 is 1. The van der Waals surface area contributed by atoms with Crippen molar-refractivity contribution in [1.29, 1.82) is 0 Å². The Morgan fingerprint density at radius 1 is 0.826 bits per heavy atom. The Labute approximate surface area is 427 Å². The molecular formula is C58H89N3O5S3. The van der Waals surface area contributed by atoms with Gasteiger partial charge in [-0.05, 0) is 103 Å². The lowest BCUT2D eigenvalue weighted by molar-refractivity contribution is -0.00825. The molecule has 69 heavy (non-hydrogen) atoms. The highest BCUT2D eigenvalue weighted by Gasteiger charge is 2.32. The third-order valence-corrected chi connectivity index (χ3v) is 15.9. The summed E-state index contributed by atoms with van der Waals surface area (Å²) < 4.78 is 31.3. The fraction of sp³-hybridized carbons (Fsp3) is 0.517. The molecule has 384 valence electrons. The van der Waals surface area contributed by atoms with Gasteiger partial charge >= 0.3 is 5.97 Å². The zero-order valence-corrected chi connectivity index (χ0v) is 45.0. The van der Waals surface area contributed by atoms with Gasteiger partial charge in [0.2, 0.25) is 0 Å². The molecule has 6 aromatic rings. The number of nitrogens with one attached hydrogen (secondary N) is 1. The number of para-hydroxylation sites is 1. The molecule has 3 heterocycles. The molecule has 11 heteroatoms. The molecule has 2 N–H and O–H groups in total. The van der Waals surface area contributed by atoms with E-state index in [-0.39, 0.29) is 42.2 Å². The highest BCUT2D eigenvalue weighted by molar-refractivity contribution is 7.99. The molecule has 0 fully saturated rings. The third kappa shape index (κ3) is 21.4. The van der Waals surface area contributed by atoms with Crippen LogP contribution in [-0.2, 0) is 21.0 Å². The van der Waals surface area contributed by atoms with Crippen LogP contribution in [0.3, 0.4) is 0 Å². The van der Waals surface area contributed by atoms with E-state index in [2.05, 4.69) is 155 Å². The van der Waals surface area contributed by atoms with Crippen molar-refractivity contribution in [2.75, 3.05) is 18.6 Å². The summed E-state index contributed by atoms with van der Waals surface area (Å²) in [4.78, 5) is 19.6. The Balaban J connectivity index is 0.000000463. The molecule has 0 saturated carbocycles. The van der Waals surface area contributed by atoms with Crippen LogP contribution >= 0.6 is 23.1 Å². The van der Waals surface area contributed by atoms with Crippen molar-refractivity contribution in [3.05, 3.63) is 130 Å². The Kier molecular flexibility index (Phi) is 29.1. The number of aliphatic hydroxyl groups is 1. The van der Waals surface area contributed by atoms with Crippen LogP contribution in [0, 0.1) is 30.6 Å². The van der Waals surface area contributed by atoms with Crippen LogP contribution in [0.25, 0.3) is 16.6 Å². The van der Waals surface area contributed by atoms with E-state index in [1.807, 2.05) is 49.3 Å². The average molecular weight is 1000 g/mol. The molecule has 0 spiro atoms. The van der Waals surface area contributed by atoms with Crippen molar-refractivity contribution in [3.8, 4) is 5.69 Å². The van der Waals surface area contributed by atoms with Gasteiger partial charge in [0.15, 0.2) is 15.0 Å². The van der Waals surface area contributed by atoms with Gasteiger partial charge in [-0.3, -0.25) is 4.57 Å². The molecule has 2 unspecified atom stereocenters. The number of ether oxygens (including phenoxy) is 1. The number of fused-ring (bicyclic) bond motifs is 1. The van der Waals surface area contributed by atoms with Gasteiger partial charge in [0.25, 0.3) is 0 Å². The van der Waals surface area contributed by atoms with E-state index < -0.39 is 21.4 Å². The van der Waals surface area contributed by atoms with Crippen LogP contribution in [0.2, 0.25) is 0 Å². The Bertz CT molecular complexity index is 2410. The van der Waals surface area contributed by atoms with Crippen LogP contribution < -0.4 is 0 Å². The summed E-state index contributed by atoms with van der Waals surface area (Å²) in [6.45, 7) is 23.7. The molecule has 2 atom stereocenters. The van der Waals surface area contributed by atoms with Gasteiger partial charge < -0.3 is 14.8 Å². The first-order valence-electron chi connectivity index (χ1n) is 24.2. The topological polar surface area (TPSA) is 114 Å². The molecule has 8 nitrogen and oxygen atoms in total. The van der Waals surface area contributed by atoms with Gasteiger partial charge in [0.05, 0.1) is 23.4 Å².